The fourth-order valence-corrected chi connectivity index (χ4v) is 9.25. The monoisotopic (exact) mass is 482 g/mol. The van der Waals surface area contributed by atoms with Gasteiger partial charge in [-0.2, -0.15) is 0 Å². The summed E-state index contributed by atoms with van der Waals surface area (Å²) in [5, 5.41) is 51.6. The number of ketones is 1. The first-order valence-electron chi connectivity index (χ1n) is 13.1. The van der Waals surface area contributed by atoms with Crippen LogP contribution in [0.15, 0.2) is 0 Å². The van der Waals surface area contributed by atoms with Gasteiger partial charge in [-0.1, -0.05) is 20.8 Å². The van der Waals surface area contributed by atoms with E-state index < -0.39 is 42.9 Å². The summed E-state index contributed by atoms with van der Waals surface area (Å²) in [6.07, 6.45) is 0.439. The molecule has 1 aliphatic heterocycles. The molecule has 2 bridgehead atoms. The Labute approximate surface area is 201 Å². The van der Waals surface area contributed by atoms with Gasteiger partial charge >= 0.3 is 0 Å². The highest BCUT2D eigenvalue weighted by atomic mass is 16.7. The van der Waals surface area contributed by atoms with E-state index in [2.05, 4.69) is 20.8 Å². The lowest BCUT2D eigenvalue weighted by Gasteiger charge is -2.63. The molecule has 194 valence electrons. The first-order valence-corrected chi connectivity index (χ1v) is 13.1. The maximum absolute atomic E-state index is 12.7. The fraction of sp³-hybridized carbons (Fsp3) is 0.962. The highest BCUT2D eigenvalue weighted by Gasteiger charge is 2.68. The Balaban J connectivity index is 1.33. The van der Waals surface area contributed by atoms with Crippen molar-refractivity contribution in [3.8, 4) is 0 Å². The molecule has 5 fully saturated rings. The molecule has 0 aromatic rings. The summed E-state index contributed by atoms with van der Waals surface area (Å²) in [5.41, 5.74) is -1.24. The van der Waals surface area contributed by atoms with Gasteiger partial charge in [-0.15, -0.1) is 0 Å². The van der Waals surface area contributed by atoms with Crippen LogP contribution < -0.4 is 0 Å². The SMILES string of the molecule is CC1(C)C(=O)CCC2(C)C3CCC4CC3(CCC12)CC4(O)COC1OC(CO)C(O)C(O)C1O. The molecule has 5 N–H and O–H groups in total. The van der Waals surface area contributed by atoms with Crippen LogP contribution in [0, 0.1) is 34.0 Å². The number of carbonyl (C=O) groups is 1. The summed E-state index contributed by atoms with van der Waals surface area (Å²) >= 11 is 0. The summed E-state index contributed by atoms with van der Waals surface area (Å²) in [4.78, 5) is 12.7. The molecule has 4 aliphatic carbocycles. The lowest BCUT2D eigenvalue weighted by molar-refractivity contribution is -0.310. The minimum absolute atomic E-state index is 0.0259. The van der Waals surface area contributed by atoms with Crippen LogP contribution in [0.1, 0.15) is 72.1 Å². The van der Waals surface area contributed by atoms with Gasteiger partial charge in [-0.25, -0.2) is 0 Å². The molecule has 5 rings (SSSR count). The zero-order valence-corrected chi connectivity index (χ0v) is 20.7. The summed E-state index contributed by atoms with van der Waals surface area (Å²) in [5.74, 6) is 1.30. The first-order chi connectivity index (χ1) is 15.9. The molecular formula is C26H42O8. The van der Waals surface area contributed by atoms with Gasteiger partial charge in [0.05, 0.1) is 18.8 Å². The zero-order chi connectivity index (χ0) is 24.7. The molecule has 5 aliphatic rings. The number of aliphatic hydroxyl groups excluding tert-OH is 4. The minimum atomic E-state index is -1.50. The first kappa shape index (κ1) is 25.1. The third-order valence-electron chi connectivity index (χ3n) is 11.0. The van der Waals surface area contributed by atoms with Crippen LogP contribution in [-0.4, -0.2) is 80.8 Å². The largest absolute Gasteiger partial charge is 0.394 e. The molecule has 1 saturated heterocycles. The Morgan fingerprint density at radius 2 is 1.74 bits per heavy atom. The summed E-state index contributed by atoms with van der Waals surface area (Å²) in [6, 6.07) is 0. The van der Waals surface area contributed by atoms with Crippen molar-refractivity contribution in [2.75, 3.05) is 13.2 Å². The predicted molar refractivity (Wildman–Crippen MR) is 121 cm³/mol. The second-order valence-corrected chi connectivity index (χ2v) is 12.9. The van der Waals surface area contributed by atoms with Crippen LogP contribution in [0.5, 0.6) is 0 Å². The van der Waals surface area contributed by atoms with E-state index in [1.807, 2.05) is 0 Å². The van der Waals surface area contributed by atoms with E-state index in [4.69, 9.17) is 9.47 Å². The standard InChI is InChI=1S/C26H42O8/c1-23(2)16-6-9-25-10-14(4-5-17(25)24(16,3)8-7-18(23)28)26(32,12-25)13-33-22-21(31)20(30)19(29)15(11-27)34-22/h14-17,19-22,27,29-32H,4-13H2,1-3H3. The molecule has 0 aromatic carbocycles. The fourth-order valence-electron chi connectivity index (χ4n) is 9.25. The van der Waals surface area contributed by atoms with E-state index in [0.29, 0.717) is 30.5 Å². The smallest absolute Gasteiger partial charge is 0.186 e. The van der Waals surface area contributed by atoms with Crippen molar-refractivity contribution < 1.29 is 39.8 Å². The number of carbonyl (C=O) groups excluding carboxylic acids is 1. The third kappa shape index (κ3) is 3.47. The molecule has 1 spiro atoms. The Morgan fingerprint density at radius 1 is 1.00 bits per heavy atom. The predicted octanol–water partition coefficient (Wildman–Crippen LogP) is 1.15. The zero-order valence-electron chi connectivity index (χ0n) is 20.7. The van der Waals surface area contributed by atoms with E-state index in [0.717, 1.165) is 38.5 Å². The van der Waals surface area contributed by atoms with Gasteiger partial charge in [-0.3, -0.25) is 4.79 Å². The topological polar surface area (TPSA) is 137 Å². The lowest BCUT2D eigenvalue weighted by atomic mass is 9.41. The Hall–Kier alpha value is -0.610. The van der Waals surface area contributed by atoms with Crippen LogP contribution in [0.3, 0.4) is 0 Å². The summed E-state index contributed by atoms with van der Waals surface area (Å²) in [7, 11) is 0. The van der Waals surface area contributed by atoms with Crippen LogP contribution in [0.4, 0.5) is 0 Å². The van der Waals surface area contributed by atoms with Crippen molar-refractivity contribution in [2.45, 2.75) is 108 Å². The Kier molecular flexibility index (Phi) is 6.04. The number of rotatable bonds is 4. The van der Waals surface area contributed by atoms with Crippen molar-refractivity contribution in [1.29, 1.82) is 0 Å². The number of hydrogen-bond acceptors (Lipinski definition) is 8. The second-order valence-electron chi connectivity index (χ2n) is 12.9. The van der Waals surface area contributed by atoms with E-state index >= 15 is 0 Å². The van der Waals surface area contributed by atoms with Gasteiger partial charge in [0.2, 0.25) is 0 Å². The number of Topliss-reactive ketones (excluding diaryl/α,β-unsaturated/α-hetero) is 1. The molecular weight excluding hydrogens is 440 g/mol. The van der Waals surface area contributed by atoms with E-state index in [1.54, 1.807) is 0 Å². The maximum atomic E-state index is 12.7. The van der Waals surface area contributed by atoms with E-state index in [-0.39, 0.29) is 28.8 Å². The van der Waals surface area contributed by atoms with Crippen LogP contribution in [-0.2, 0) is 14.3 Å². The number of fused-ring (bicyclic) bond motifs is 3. The number of aliphatic hydroxyl groups is 5. The molecule has 1 heterocycles. The highest BCUT2D eigenvalue weighted by molar-refractivity contribution is 5.85. The highest BCUT2D eigenvalue weighted by Crippen LogP contribution is 2.72. The van der Waals surface area contributed by atoms with Crippen molar-refractivity contribution in [2.24, 2.45) is 34.0 Å². The van der Waals surface area contributed by atoms with Gasteiger partial charge < -0.3 is 35.0 Å². The number of ether oxygens (including phenoxy) is 2. The van der Waals surface area contributed by atoms with Gasteiger partial charge in [-0.05, 0) is 73.5 Å². The molecule has 0 radical (unpaired) electrons. The molecule has 0 amide bonds. The average molecular weight is 483 g/mol. The molecule has 11 atom stereocenters. The molecule has 0 aromatic heterocycles. The van der Waals surface area contributed by atoms with Gasteiger partial charge in [0.1, 0.15) is 30.2 Å². The van der Waals surface area contributed by atoms with Crippen molar-refractivity contribution in [3.63, 3.8) is 0 Å². The molecule has 8 nitrogen and oxygen atoms in total. The summed E-state index contributed by atoms with van der Waals surface area (Å²) in [6.45, 7) is 6.10. The minimum Gasteiger partial charge on any atom is -0.394 e. The van der Waals surface area contributed by atoms with Crippen molar-refractivity contribution in [1.82, 2.24) is 0 Å². The Bertz CT molecular complexity index is 815. The molecule has 11 unspecified atom stereocenters. The van der Waals surface area contributed by atoms with Crippen LogP contribution >= 0.6 is 0 Å². The number of hydrogen-bond donors (Lipinski definition) is 5. The quantitative estimate of drug-likeness (QED) is 0.402. The lowest BCUT2D eigenvalue weighted by Crippen LogP contribution is -2.59. The summed E-state index contributed by atoms with van der Waals surface area (Å²) < 4.78 is 11.3. The Morgan fingerprint density at radius 3 is 2.44 bits per heavy atom. The van der Waals surface area contributed by atoms with Crippen LogP contribution in [0.2, 0.25) is 0 Å². The van der Waals surface area contributed by atoms with Gasteiger partial charge in [0.25, 0.3) is 0 Å². The molecule has 8 heteroatoms. The normalized spacial score (nSPS) is 54.4. The van der Waals surface area contributed by atoms with Crippen LogP contribution in [0.25, 0.3) is 0 Å². The van der Waals surface area contributed by atoms with Gasteiger partial charge in [0.15, 0.2) is 6.29 Å². The average Bonchev–Trinajstić information content (AvgIpc) is 2.99. The molecule has 34 heavy (non-hydrogen) atoms. The third-order valence-corrected chi connectivity index (χ3v) is 11.0. The second kappa shape index (κ2) is 8.20. The molecule has 4 saturated carbocycles. The van der Waals surface area contributed by atoms with E-state index in [9.17, 15) is 30.3 Å². The van der Waals surface area contributed by atoms with E-state index in [1.165, 1.54) is 0 Å². The van der Waals surface area contributed by atoms with Crippen molar-refractivity contribution in [3.05, 3.63) is 0 Å². The van der Waals surface area contributed by atoms with Gasteiger partial charge in [0, 0.05) is 11.8 Å². The maximum Gasteiger partial charge on any atom is 0.186 e. The van der Waals surface area contributed by atoms with Crippen molar-refractivity contribution >= 4 is 5.78 Å².